The smallest absolute Gasteiger partial charge is 0.0466 e. The minimum Gasteiger partial charge on any atom is -0.382 e. The first kappa shape index (κ1) is 11.7. The lowest BCUT2D eigenvalue weighted by atomic mass is 10.1. The Balaban J connectivity index is 3.25. The maximum Gasteiger partial charge on any atom is 0.0466 e. The van der Waals surface area contributed by atoms with Crippen molar-refractivity contribution in [3.05, 3.63) is 12.7 Å². The molecule has 0 saturated carbocycles. The molecule has 0 aliphatic heterocycles. The summed E-state index contributed by atoms with van der Waals surface area (Å²) in [5.74, 6) is 0. The second kappa shape index (κ2) is 8.75. The molecule has 0 aliphatic rings. The van der Waals surface area contributed by atoms with Crippen molar-refractivity contribution < 1.29 is 4.74 Å². The third-order valence-corrected chi connectivity index (χ3v) is 1.90. The van der Waals surface area contributed by atoms with Gasteiger partial charge >= 0.3 is 0 Å². The van der Waals surface area contributed by atoms with Crippen molar-refractivity contribution in [1.29, 1.82) is 0 Å². The first-order valence-corrected chi connectivity index (χ1v) is 4.71. The van der Waals surface area contributed by atoms with Gasteiger partial charge in [0.05, 0.1) is 0 Å². The number of hydrogen-bond acceptors (Lipinski definition) is 2. The molecule has 72 valence electrons. The lowest BCUT2D eigenvalue weighted by Crippen LogP contribution is -2.24. The average molecular weight is 171 g/mol. The van der Waals surface area contributed by atoms with E-state index in [1.165, 1.54) is 6.42 Å². The molecule has 0 saturated heterocycles. The van der Waals surface area contributed by atoms with Gasteiger partial charge in [0, 0.05) is 19.3 Å². The Bertz CT molecular complexity index is 104. The number of hydrogen-bond donors (Lipinski definition) is 1. The van der Waals surface area contributed by atoms with Crippen LogP contribution in [0, 0.1) is 0 Å². The van der Waals surface area contributed by atoms with Gasteiger partial charge in [-0.05, 0) is 33.2 Å². The van der Waals surface area contributed by atoms with E-state index in [2.05, 4.69) is 11.9 Å². The second-order valence-corrected chi connectivity index (χ2v) is 2.85. The molecule has 0 aromatic heterocycles. The van der Waals surface area contributed by atoms with E-state index in [1.807, 2.05) is 20.0 Å². The maximum absolute atomic E-state index is 5.25. The van der Waals surface area contributed by atoms with Crippen LogP contribution in [0.3, 0.4) is 0 Å². The van der Waals surface area contributed by atoms with Crippen LogP contribution in [0.2, 0.25) is 0 Å². The van der Waals surface area contributed by atoms with Crippen molar-refractivity contribution in [2.45, 2.75) is 32.2 Å². The molecule has 0 spiro atoms. The molecule has 0 heterocycles. The first-order chi connectivity index (χ1) is 5.85. The Hall–Kier alpha value is -0.340. The van der Waals surface area contributed by atoms with Gasteiger partial charge < -0.3 is 10.1 Å². The van der Waals surface area contributed by atoms with Crippen LogP contribution in [-0.4, -0.2) is 26.3 Å². The Morgan fingerprint density at radius 2 is 2.33 bits per heavy atom. The summed E-state index contributed by atoms with van der Waals surface area (Å²) >= 11 is 0. The second-order valence-electron chi connectivity index (χ2n) is 2.85. The average Bonchev–Trinajstić information content (AvgIpc) is 2.10. The lowest BCUT2D eigenvalue weighted by molar-refractivity contribution is 0.141. The van der Waals surface area contributed by atoms with E-state index >= 15 is 0 Å². The quantitative estimate of drug-likeness (QED) is 0.445. The summed E-state index contributed by atoms with van der Waals surface area (Å²) < 4.78 is 5.25. The highest BCUT2D eigenvalue weighted by molar-refractivity contribution is 4.76. The predicted octanol–water partition coefficient (Wildman–Crippen LogP) is 1.97. The predicted molar refractivity (Wildman–Crippen MR) is 53.4 cm³/mol. The van der Waals surface area contributed by atoms with E-state index in [1.54, 1.807) is 0 Å². The monoisotopic (exact) mass is 171 g/mol. The summed E-state index contributed by atoms with van der Waals surface area (Å²) in [6.07, 6.45) is 5.31. The van der Waals surface area contributed by atoms with Crippen LogP contribution in [0.15, 0.2) is 12.7 Å². The van der Waals surface area contributed by atoms with Crippen molar-refractivity contribution >= 4 is 0 Å². The van der Waals surface area contributed by atoms with Crippen molar-refractivity contribution in [3.8, 4) is 0 Å². The minimum absolute atomic E-state index is 0.572. The SMILES string of the molecule is C=CCC(CCCOCC)NC. The van der Waals surface area contributed by atoms with Crippen LogP contribution < -0.4 is 5.32 Å². The summed E-state index contributed by atoms with van der Waals surface area (Å²) in [5.41, 5.74) is 0. The van der Waals surface area contributed by atoms with Gasteiger partial charge in [-0.15, -0.1) is 6.58 Å². The van der Waals surface area contributed by atoms with Crippen LogP contribution in [0.4, 0.5) is 0 Å². The van der Waals surface area contributed by atoms with Crippen LogP contribution >= 0.6 is 0 Å². The molecule has 0 aliphatic carbocycles. The van der Waals surface area contributed by atoms with Gasteiger partial charge in [0.1, 0.15) is 0 Å². The van der Waals surface area contributed by atoms with Crippen LogP contribution in [0.1, 0.15) is 26.2 Å². The van der Waals surface area contributed by atoms with Gasteiger partial charge in [-0.2, -0.15) is 0 Å². The Morgan fingerprint density at radius 1 is 1.58 bits per heavy atom. The molecule has 0 radical (unpaired) electrons. The number of rotatable bonds is 8. The molecular weight excluding hydrogens is 150 g/mol. The molecule has 0 bridgehead atoms. The molecule has 12 heavy (non-hydrogen) atoms. The van der Waals surface area contributed by atoms with Crippen LogP contribution in [0.5, 0.6) is 0 Å². The minimum atomic E-state index is 0.572. The number of ether oxygens (including phenoxy) is 1. The van der Waals surface area contributed by atoms with Gasteiger partial charge in [-0.25, -0.2) is 0 Å². The first-order valence-electron chi connectivity index (χ1n) is 4.71. The summed E-state index contributed by atoms with van der Waals surface area (Å²) in [5, 5.41) is 3.25. The van der Waals surface area contributed by atoms with Crippen molar-refractivity contribution in [2.24, 2.45) is 0 Å². The molecule has 0 amide bonds. The summed E-state index contributed by atoms with van der Waals surface area (Å²) in [4.78, 5) is 0. The highest BCUT2D eigenvalue weighted by Crippen LogP contribution is 2.01. The molecule has 1 unspecified atom stereocenters. The van der Waals surface area contributed by atoms with E-state index in [9.17, 15) is 0 Å². The third-order valence-electron chi connectivity index (χ3n) is 1.90. The highest BCUT2D eigenvalue weighted by atomic mass is 16.5. The zero-order chi connectivity index (χ0) is 9.23. The standard InChI is InChI=1S/C10H21NO/c1-4-7-10(11-3)8-6-9-12-5-2/h4,10-11H,1,5-9H2,2-3H3. The van der Waals surface area contributed by atoms with Crippen molar-refractivity contribution in [2.75, 3.05) is 20.3 Å². The van der Waals surface area contributed by atoms with Crippen molar-refractivity contribution in [3.63, 3.8) is 0 Å². The summed E-state index contributed by atoms with van der Waals surface area (Å²) in [7, 11) is 1.99. The van der Waals surface area contributed by atoms with E-state index in [-0.39, 0.29) is 0 Å². The van der Waals surface area contributed by atoms with E-state index in [0.717, 1.165) is 26.1 Å². The van der Waals surface area contributed by atoms with Gasteiger partial charge in [0.15, 0.2) is 0 Å². The zero-order valence-electron chi connectivity index (χ0n) is 8.31. The molecule has 1 atom stereocenters. The van der Waals surface area contributed by atoms with Gasteiger partial charge in [0.25, 0.3) is 0 Å². The lowest BCUT2D eigenvalue weighted by Gasteiger charge is -2.13. The topological polar surface area (TPSA) is 21.3 Å². The Labute approximate surface area is 76.0 Å². The molecule has 0 rings (SSSR count). The molecule has 1 N–H and O–H groups in total. The van der Waals surface area contributed by atoms with Gasteiger partial charge in [-0.1, -0.05) is 6.08 Å². The molecule has 0 fully saturated rings. The van der Waals surface area contributed by atoms with Gasteiger partial charge in [-0.3, -0.25) is 0 Å². The van der Waals surface area contributed by atoms with Crippen molar-refractivity contribution in [1.82, 2.24) is 5.32 Å². The van der Waals surface area contributed by atoms with E-state index in [4.69, 9.17) is 4.74 Å². The largest absolute Gasteiger partial charge is 0.382 e. The normalized spacial score (nSPS) is 12.8. The van der Waals surface area contributed by atoms with Gasteiger partial charge in [0.2, 0.25) is 0 Å². The van der Waals surface area contributed by atoms with Crippen LogP contribution in [0.25, 0.3) is 0 Å². The summed E-state index contributed by atoms with van der Waals surface area (Å²) in [6, 6.07) is 0.572. The molecule has 2 nitrogen and oxygen atoms in total. The molecule has 0 aromatic carbocycles. The highest BCUT2D eigenvalue weighted by Gasteiger charge is 2.01. The fourth-order valence-corrected chi connectivity index (χ4v) is 1.16. The Morgan fingerprint density at radius 3 is 2.83 bits per heavy atom. The van der Waals surface area contributed by atoms with E-state index in [0.29, 0.717) is 6.04 Å². The zero-order valence-corrected chi connectivity index (χ0v) is 8.31. The number of nitrogens with one attached hydrogen (secondary N) is 1. The summed E-state index contributed by atoms with van der Waals surface area (Å²) in [6.45, 7) is 7.45. The maximum atomic E-state index is 5.25. The third kappa shape index (κ3) is 6.38. The Kier molecular flexibility index (Phi) is 8.51. The molecular formula is C10H21NO. The molecule has 2 heteroatoms. The van der Waals surface area contributed by atoms with Crippen LogP contribution in [-0.2, 0) is 4.74 Å². The fourth-order valence-electron chi connectivity index (χ4n) is 1.16. The molecule has 0 aromatic rings. The fraction of sp³-hybridized carbons (Fsp3) is 0.800. The van der Waals surface area contributed by atoms with E-state index < -0.39 is 0 Å².